The lowest BCUT2D eigenvalue weighted by molar-refractivity contribution is -0.141. The Morgan fingerprint density at radius 1 is 0.912 bits per heavy atom. The lowest BCUT2D eigenvalue weighted by Gasteiger charge is -2.27. The van der Waals surface area contributed by atoms with Gasteiger partial charge in [-0.05, 0) is 17.9 Å². The molecule has 0 saturated heterocycles. The number of amides is 3. The van der Waals surface area contributed by atoms with E-state index in [1.54, 1.807) is 44.2 Å². The SMILES string of the molecule is CC(C)C(NC(=O)C(N)CCC(=O)O)C(=O)NC(Cc1ccccc1)C(=O)NC(CS)C(=O)O. The first-order valence-electron chi connectivity index (χ1n) is 10.7. The van der Waals surface area contributed by atoms with E-state index >= 15 is 0 Å². The van der Waals surface area contributed by atoms with E-state index in [4.69, 9.17) is 10.8 Å². The zero-order valence-corrected chi connectivity index (χ0v) is 20.0. The Morgan fingerprint density at radius 2 is 1.50 bits per heavy atom. The maximum absolute atomic E-state index is 13.0. The molecular formula is C22H32N4O7S. The Bertz CT molecular complexity index is 866. The summed E-state index contributed by atoms with van der Waals surface area (Å²) in [7, 11) is 0. The van der Waals surface area contributed by atoms with Crippen molar-refractivity contribution in [2.24, 2.45) is 11.7 Å². The lowest BCUT2D eigenvalue weighted by atomic mass is 10.00. The fraction of sp³-hybridized carbons (Fsp3) is 0.500. The third-order valence-electron chi connectivity index (χ3n) is 4.97. The number of carbonyl (C=O) groups is 5. The van der Waals surface area contributed by atoms with Gasteiger partial charge in [0, 0.05) is 18.6 Å². The molecule has 11 nitrogen and oxygen atoms in total. The molecule has 0 fully saturated rings. The van der Waals surface area contributed by atoms with Gasteiger partial charge in [-0.3, -0.25) is 19.2 Å². The molecule has 0 bridgehead atoms. The molecule has 0 aliphatic heterocycles. The van der Waals surface area contributed by atoms with Crippen molar-refractivity contribution in [2.75, 3.05) is 5.75 Å². The molecule has 4 unspecified atom stereocenters. The topological polar surface area (TPSA) is 188 Å². The van der Waals surface area contributed by atoms with Gasteiger partial charge in [-0.1, -0.05) is 44.2 Å². The van der Waals surface area contributed by atoms with Crippen LogP contribution in [0.2, 0.25) is 0 Å². The van der Waals surface area contributed by atoms with Gasteiger partial charge in [-0.15, -0.1) is 0 Å². The summed E-state index contributed by atoms with van der Waals surface area (Å²) in [4.78, 5) is 60.3. The molecule has 1 aromatic rings. The maximum atomic E-state index is 13.0. The molecule has 12 heteroatoms. The van der Waals surface area contributed by atoms with Crippen LogP contribution >= 0.6 is 12.6 Å². The van der Waals surface area contributed by atoms with E-state index in [1.807, 2.05) is 0 Å². The Kier molecular flexibility index (Phi) is 12.1. The molecule has 4 atom stereocenters. The number of carboxylic acid groups (broad SMARTS) is 2. The standard InChI is InChI=1S/C22H32N4O7S/c1-12(2)18(26-19(29)14(23)8-9-17(27)28)21(31)24-15(10-13-6-4-3-5-7-13)20(30)25-16(11-34)22(32)33/h3-7,12,14-16,18,34H,8-11,23H2,1-2H3,(H,24,31)(H,25,30)(H,26,29)(H,27,28)(H,32,33). The Morgan fingerprint density at radius 3 is 2.00 bits per heavy atom. The molecule has 0 spiro atoms. The first-order chi connectivity index (χ1) is 16.0. The normalized spacial score (nSPS) is 14.4. The number of thiol groups is 1. The van der Waals surface area contributed by atoms with Crippen molar-refractivity contribution in [3.8, 4) is 0 Å². The van der Waals surface area contributed by atoms with Gasteiger partial charge in [0.25, 0.3) is 0 Å². The summed E-state index contributed by atoms with van der Waals surface area (Å²) >= 11 is 3.93. The largest absolute Gasteiger partial charge is 0.481 e. The number of nitrogens with one attached hydrogen (secondary N) is 3. The molecular weight excluding hydrogens is 464 g/mol. The molecule has 7 N–H and O–H groups in total. The molecule has 1 rings (SSSR count). The van der Waals surface area contributed by atoms with Crippen LogP contribution in [0.5, 0.6) is 0 Å². The molecule has 0 aliphatic rings. The van der Waals surface area contributed by atoms with Crippen LogP contribution in [-0.2, 0) is 30.4 Å². The second kappa shape index (κ2) is 14.2. The zero-order valence-electron chi connectivity index (χ0n) is 19.1. The van der Waals surface area contributed by atoms with Crippen LogP contribution in [0.25, 0.3) is 0 Å². The monoisotopic (exact) mass is 496 g/mol. The summed E-state index contributed by atoms with van der Waals surface area (Å²) in [5.41, 5.74) is 6.45. The van der Waals surface area contributed by atoms with Crippen LogP contribution in [0.15, 0.2) is 30.3 Å². The summed E-state index contributed by atoms with van der Waals surface area (Å²) in [5.74, 6) is -4.98. The fourth-order valence-corrected chi connectivity index (χ4v) is 3.23. The summed E-state index contributed by atoms with van der Waals surface area (Å²) in [6.45, 7) is 3.36. The molecule has 3 amide bonds. The van der Waals surface area contributed by atoms with Crippen molar-refractivity contribution in [3.63, 3.8) is 0 Å². The third-order valence-corrected chi connectivity index (χ3v) is 5.33. The minimum atomic E-state index is -1.27. The minimum absolute atomic E-state index is 0.0776. The second-order valence-electron chi connectivity index (χ2n) is 8.10. The van der Waals surface area contributed by atoms with Gasteiger partial charge < -0.3 is 31.9 Å². The van der Waals surface area contributed by atoms with Crippen molar-refractivity contribution in [1.29, 1.82) is 0 Å². The highest BCUT2D eigenvalue weighted by Crippen LogP contribution is 2.08. The van der Waals surface area contributed by atoms with E-state index in [9.17, 15) is 29.1 Å². The van der Waals surface area contributed by atoms with Crippen molar-refractivity contribution in [1.82, 2.24) is 16.0 Å². The van der Waals surface area contributed by atoms with Crippen molar-refractivity contribution < 1.29 is 34.2 Å². The Labute approximate surface area is 203 Å². The number of rotatable bonds is 14. The predicted octanol–water partition coefficient (Wildman–Crippen LogP) is -0.454. The van der Waals surface area contributed by atoms with Gasteiger partial charge in [0.1, 0.15) is 18.1 Å². The lowest BCUT2D eigenvalue weighted by Crippen LogP contribution is -2.59. The van der Waals surface area contributed by atoms with Gasteiger partial charge >= 0.3 is 11.9 Å². The number of hydrogen-bond acceptors (Lipinski definition) is 7. The van der Waals surface area contributed by atoms with Crippen molar-refractivity contribution in [3.05, 3.63) is 35.9 Å². The van der Waals surface area contributed by atoms with Crippen LogP contribution < -0.4 is 21.7 Å². The number of hydrogen-bond donors (Lipinski definition) is 7. The molecule has 1 aromatic carbocycles. The van der Waals surface area contributed by atoms with E-state index in [0.29, 0.717) is 0 Å². The number of aliphatic carboxylic acids is 2. The van der Waals surface area contributed by atoms with Gasteiger partial charge in [0.15, 0.2) is 0 Å². The summed E-state index contributed by atoms with van der Waals surface area (Å²) < 4.78 is 0. The van der Waals surface area contributed by atoms with Crippen LogP contribution in [-0.4, -0.2) is 69.8 Å². The van der Waals surface area contributed by atoms with Gasteiger partial charge in [-0.25, -0.2) is 4.79 Å². The molecule has 188 valence electrons. The summed E-state index contributed by atoms with van der Waals surface area (Å²) in [6.07, 6.45) is -0.330. The predicted molar refractivity (Wildman–Crippen MR) is 127 cm³/mol. The summed E-state index contributed by atoms with van der Waals surface area (Å²) in [6, 6.07) is 4.25. The first-order valence-corrected chi connectivity index (χ1v) is 11.4. The summed E-state index contributed by atoms with van der Waals surface area (Å²) in [5, 5.41) is 25.4. The fourth-order valence-electron chi connectivity index (χ4n) is 2.98. The highest BCUT2D eigenvalue weighted by molar-refractivity contribution is 7.80. The van der Waals surface area contributed by atoms with Crippen molar-refractivity contribution >= 4 is 42.3 Å². The van der Waals surface area contributed by atoms with Crippen molar-refractivity contribution in [2.45, 2.75) is 57.3 Å². The molecule has 0 radical (unpaired) electrons. The van der Waals surface area contributed by atoms with E-state index < -0.39 is 53.8 Å². The maximum Gasteiger partial charge on any atom is 0.327 e. The molecule has 34 heavy (non-hydrogen) atoms. The quantitative estimate of drug-likeness (QED) is 0.169. The smallest absolute Gasteiger partial charge is 0.327 e. The first kappa shape index (κ1) is 28.9. The number of nitrogens with two attached hydrogens (primary N) is 1. The molecule has 0 heterocycles. The second-order valence-corrected chi connectivity index (χ2v) is 8.47. The van der Waals surface area contributed by atoms with Gasteiger partial charge in [0.2, 0.25) is 17.7 Å². The van der Waals surface area contributed by atoms with Crippen LogP contribution in [0.4, 0.5) is 0 Å². The van der Waals surface area contributed by atoms with Gasteiger partial charge in [-0.2, -0.15) is 12.6 Å². The molecule has 0 aliphatic carbocycles. The highest BCUT2D eigenvalue weighted by Gasteiger charge is 2.31. The Balaban J connectivity index is 3.01. The van der Waals surface area contributed by atoms with Crippen LogP contribution in [0.1, 0.15) is 32.3 Å². The van der Waals surface area contributed by atoms with Gasteiger partial charge in [0.05, 0.1) is 6.04 Å². The number of carboxylic acids is 2. The minimum Gasteiger partial charge on any atom is -0.481 e. The van der Waals surface area contributed by atoms with Crippen LogP contribution in [0.3, 0.4) is 0 Å². The van der Waals surface area contributed by atoms with Crippen LogP contribution in [0, 0.1) is 5.92 Å². The average molecular weight is 497 g/mol. The average Bonchev–Trinajstić information content (AvgIpc) is 2.78. The molecule has 0 saturated carbocycles. The number of benzene rings is 1. The number of carbonyl (C=O) groups excluding carboxylic acids is 3. The van der Waals surface area contributed by atoms with E-state index in [0.717, 1.165) is 5.56 Å². The van der Waals surface area contributed by atoms with E-state index in [-0.39, 0.29) is 30.9 Å². The zero-order chi connectivity index (χ0) is 25.8. The third kappa shape index (κ3) is 9.79. The van der Waals surface area contributed by atoms with E-state index in [2.05, 4.69) is 28.6 Å². The molecule has 0 aromatic heterocycles. The Hall–Kier alpha value is -3.12. The highest BCUT2D eigenvalue weighted by atomic mass is 32.1. The van der Waals surface area contributed by atoms with E-state index in [1.165, 1.54) is 0 Å².